The molecule has 0 aromatic heterocycles. The highest BCUT2D eigenvalue weighted by atomic mass is 16.5. The van der Waals surface area contributed by atoms with E-state index in [1.54, 1.807) is 7.11 Å². The molecule has 2 rings (SSSR count). The molecule has 38 heavy (non-hydrogen) atoms. The monoisotopic (exact) mass is 532 g/mol. The first-order valence-corrected chi connectivity index (χ1v) is 15.1. The second-order valence-corrected chi connectivity index (χ2v) is 10.7. The summed E-state index contributed by atoms with van der Waals surface area (Å²) in [5, 5.41) is 0. The Labute approximate surface area is 231 Å². The van der Waals surface area contributed by atoms with Crippen molar-refractivity contribution < 1.29 is 28.5 Å². The number of esters is 2. The van der Waals surface area contributed by atoms with Crippen molar-refractivity contribution in [1.29, 1.82) is 0 Å². The lowest BCUT2D eigenvalue weighted by atomic mass is 9.77. The minimum absolute atomic E-state index is 0.0828. The van der Waals surface area contributed by atoms with Crippen LogP contribution in [0, 0.1) is 5.92 Å². The minimum atomic E-state index is -0.331. The fourth-order valence-corrected chi connectivity index (χ4v) is 5.20. The molecule has 0 atom stereocenters. The lowest BCUT2D eigenvalue weighted by Crippen LogP contribution is -2.13. The summed E-state index contributed by atoms with van der Waals surface area (Å²) in [6.07, 6.45) is 16.0. The van der Waals surface area contributed by atoms with Gasteiger partial charge in [-0.25, -0.2) is 0 Å². The van der Waals surface area contributed by atoms with Gasteiger partial charge >= 0.3 is 11.9 Å². The van der Waals surface area contributed by atoms with Crippen molar-refractivity contribution in [3.05, 3.63) is 29.8 Å². The van der Waals surface area contributed by atoms with E-state index in [-0.39, 0.29) is 24.8 Å². The van der Waals surface area contributed by atoms with Crippen molar-refractivity contribution in [3.8, 4) is 5.75 Å². The van der Waals surface area contributed by atoms with E-state index < -0.39 is 0 Å². The molecular weight excluding hydrogens is 480 g/mol. The molecule has 0 N–H and O–H groups in total. The smallest absolute Gasteiger partial charge is 0.306 e. The lowest BCUT2D eigenvalue weighted by molar-refractivity contribution is -0.150. The van der Waals surface area contributed by atoms with Crippen LogP contribution in [0.25, 0.3) is 0 Å². The molecule has 216 valence electrons. The number of unbranched alkanes of at least 4 members (excludes halogenated alkanes) is 6. The zero-order valence-corrected chi connectivity index (χ0v) is 24.1. The molecule has 0 spiro atoms. The van der Waals surface area contributed by atoms with Gasteiger partial charge in [0.1, 0.15) is 5.75 Å². The highest BCUT2D eigenvalue weighted by Gasteiger charge is 2.21. The van der Waals surface area contributed by atoms with Crippen molar-refractivity contribution >= 4 is 11.9 Å². The highest BCUT2D eigenvalue weighted by molar-refractivity contribution is 5.77. The molecular formula is C32H52O6. The molecule has 0 saturated heterocycles. The molecule has 0 amide bonds. The summed E-state index contributed by atoms with van der Waals surface area (Å²) in [6.45, 7) is 4.58. The quantitative estimate of drug-likeness (QED) is 0.119. The molecule has 0 heterocycles. The van der Waals surface area contributed by atoms with Crippen LogP contribution in [-0.4, -0.2) is 45.5 Å². The van der Waals surface area contributed by atoms with Gasteiger partial charge in [-0.2, -0.15) is 0 Å². The average molecular weight is 533 g/mol. The van der Waals surface area contributed by atoms with Crippen molar-refractivity contribution in [2.45, 2.75) is 116 Å². The summed E-state index contributed by atoms with van der Waals surface area (Å²) < 4.78 is 21.3. The Morgan fingerprint density at radius 1 is 0.711 bits per heavy atom. The van der Waals surface area contributed by atoms with Crippen LogP contribution in [-0.2, 0) is 23.8 Å². The van der Waals surface area contributed by atoms with Gasteiger partial charge in [0.15, 0.2) is 0 Å². The third-order valence-electron chi connectivity index (χ3n) is 7.50. The van der Waals surface area contributed by atoms with Gasteiger partial charge in [0.2, 0.25) is 0 Å². The van der Waals surface area contributed by atoms with Crippen molar-refractivity contribution in [2.24, 2.45) is 5.92 Å². The van der Waals surface area contributed by atoms with Crippen molar-refractivity contribution in [2.75, 3.05) is 33.5 Å². The number of hydrogen-bond donors (Lipinski definition) is 0. The predicted octanol–water partition coefficient (Wildman–Crippen LogP) is 7.77. The van der Waals surface area contributed by atoms with E-state index >= 15 is 0 Å². The molecule has 0 unspecified atom stereocenters. The van der Waals surface area contributed by atoms with E-state index in [0.29, 0.717) is 25.7 Å². The molecule has 1 saturated carbocycles. The molecule has 0 bridgehead atoms. The van der Waals surface area contributed by atoms with Crippen LogP contribution in [0.2, 0.25) is 0 Å². The minimum Gasteiger partial charge on any atom is -0.494 e. The molecule has 0 radical (unpaired) electrons. The third kappa shape index (κ3) is 14.8. The number of carbonyl (C=O) groups excluding carboxylic acids is 2. The van der Waals surface area contributed by atoms with Gasteiger partial charge in [-0.3, -0.25) is 9.59 Å². The Morgan fingerprint density at radius 3 is 1.76 bits per heavy atom. The van der Waals surface area contributed by atoms with Crippen LogP contribution < -0.4 is 4.74 Å². The second kappa shape index (κ2) is 20.8. The van der Waals surface area contributed by atoms with E-state index in [0.717, 1.165) is 69.6 Å². The first kappa shape index (κ1) is 32.1. The standard InChI is InChI=1S/C32H52O6/c1-3-12-27-13-15-28(16-14-27)29-17-19-30(20-18-29)36-24-9-6-7-11-26-38-32(34)22-21-31(33)37-25-10-5-4-8-23-35-2/h17-20,27-28H,3-16,21-26H2,1-2H3. The topological polar surface area (TPSA) is 71.1 Å². The van der Waals surface area contributed by atoms with Gasteiger partial charge in [-0.1, -0.05) is 38.3 Å². The van der Waals surface area contributed by atoms with Crippen LogP contribution in [0.15, 0.2) is 24.3 Å². The number of hydrogen-bond acceptors (Lipinski definition) is 6. The highest BCUT2D eigenvalue weighted by Crippen LogP contribution is 2.37. The summed E-state index contributed by atoms with van der Waals surface area (Å²) in [5.41, 5.74) is 1.46. The Hall–Kier alpha value is -2.08. The number of carbonyl (C=O) groups is 2. The summed E-state index contributed by atoms with van der Waals surface area (Å²) in [6, 6.07) is 8.74. The average Bonchev–Trinajstić information content (AvgIpc) is 2.94. The SMILES string of the molecule is CCCC1CCC(c2ccc(OCCCCCCOC(=O)CCC(=O)OCCCCCCOC)cc2)CC1. The van der Waals surface area contributed by atoms with Crippen molar-refractivity contribution in [3.63, 3.8) is 0 Å². The molecule has 6 heteroatoms. The van der Waals surface area contributed by atoms with Gasteiger partial charge in [0.05, 0.1) is 32.7 Å². The summed E-state index contributed by atoms with van der Waals surface area (Å²) in [7, 11) is 1.70. The largest absolute Gasteiger partial charge is 0.494 e. The van der Waals surface area contributed by atoms with Gasteiger partial charge in [0.25, 0.3) is 0 Å². The number of benzene rings is 1. The van der Waals surface area contributed by atoms with Crippen molar-refractivity contribution in [1.82, 2.24) is 0 Å². The Balaban J connectivity index is 1.40. The maximum absolute atomic E-state index is 11.8. The fraction of sp³-hybridized carbons (Fsp3) is 0.750. The van der Waals surface area contributed by atoms with E-state index in [1.807, 2.05) is 0 Å². The van der Waals surface area contributed by atoms with E-state index in [9.17, 15) is 9.59 Å². The summed E-state index contributed by atoms with van der Waals surface area (Å²) in [4.78, 5) is 23.5. The maximum Gasteiger partial charge on any atom is 0.306 e. The molecule has 1 aliphatic carbocycles. The molecule has 0 aliphatic heterocycles. The van der Waals surface area contributed by atoms with Crippen LogP contribution >= 0.6 is 0 Å². The summed E-state index contributed by atoms with van der Waals surface area (Å²) >= 11 is 0. The Kier molecular flexibility index (Phi) is 17.6. The van der Waals surface area contributed by atoms with Crippen LogP contribution in [0.4, 0.5) is 0 Å². The molecule has 1 aromatic rings. The van der Waals surface area contributed by atoms with Gasteiger partial charge in [-0.05, 0) is 100 Å². The molecule has 1 fully saturated rings. The Morgan fingerprint density at radius 2 is 1.24 bits per heavy atom. The van der Waals surface area contributed by atoms with Gasteiger partial charge in [0, 0.05) is 13.7 Å². The number of ether oxygens (including phenoxy) is 4. The predicted molar refractivity (Wildman–Crippen MR) is 152 cm³/mol. The number of methoxy groups -OCH3 is 1. The van der Waals surface area contributed by atoms with Crippen LogP contribution in [0.3, 0.4) is 0 Å². The zero-order valence-electron chi connectivity index (χ0n) is 24.1. The Bertz CT molecular complexity index is 739. The fourth-order valence-electron chi connectivity index (χ4n) is 5.20. The zero-order chi connectivity index (χ0) is 27.3. The normalized spacial score (nSPS) is 17.2. The number of rotatable bonds is 21. The maximum atomic E-state index is 11.8. The van der Waals surface area contributed by atoms with E-state index in [4.69, 9.17) is 18.9 Å². The second-order valence-electron chi connectivity index (χ2n) is 10.7. The molecule has 6 nitrogen and oxygen atoms in total. The molecule has 1 aromatic carbocycles. The first-order chi connectivity index (χ1) is 18.6. The van der Waals surface area contributed by atoms with E-state index in [2.05, 4.69) is 31.2 Å². The van der Waals surface area contributed by atoms with Crippen LogP contribution in [0.5, 0.6) is 5.75 Å². The van der Waals surface area contributed by atoms with E-state index in [1.165, 1.54) is 44.1 Å². The summed E-state index contributed by atoms with van der Waals surface area (Å²) in [5.74, 6) is 1.94. The molecule has 1 aliphatic rings. The first-order valence-electron chi connectivity index (χ1n) is 15.1. The third-order valence-corrected chi connectivity index (χ3v) is 7.50. The van der Waals surface area contributed by atoms with Gasteiger partial charge in [-0.15, -0.1) is 0 Å². The van der Waals surface area contributed by atoms with Gasteiger partial charge < -0.3 is 18.9 Å². The lowest BCUT2D eigenvalue weighted by Gasteiger charge is -2.28. The van der Waals surface area contributed by atoms with Crippen LogP contribution in [0.1, 0.15) is 121 Å².